The van der Waals surface area contributed by atoms with E-state index in [1.165, 1.54) is 18.2 Å². The number of nitrogens with zero attached hydrogens (tertiary/aromatic N) is 2. The molecule has 0 amide bonds. The number of hydrogen-bond acceptors (Lipinski definition) is 5. The number of phenols is 1. The van der Waals surface area contributed by atoms with Crippen molar-refractivity contribution in [1.29, 1.82) is 5.39 Å². The molecule has 0 aliphatic rings. The number of benzene rings is 2. The molecule has 0 fully saturated rings. The maximum atomic E-state index is 11.0. The van der Waals surface area contributed by atoms with Crippen LogP contribution in [0.2, 0.25) is 0 Å². The summed E-state index contributed by atoms with van der Waals surface area (Å²) in [5.41, 5.74) is -0.173. The summed E-state index contributed by atoms with van der Waals surface area (Å²) in [4.78, 5) is 2.33. The van der Waals surface area contributed by atoms with Crippen LogP contribution < -0.4 is 29.6 Å². The van der Waals surface area contributed by atoms with Gasteiger partial charge in [-0.2, -0.15) is 0 Å². The molecule has 6 nitrogen and oxygen atoms in total. The van der Waals surface area contributed by atoms with E-state index in [9.17, 15) is 18.1 Å². The number of phenolic OH excluding ortho intramolecular Hbond substituents is 1. The molecule has 0 heterocycles. The van der Waals surface area contributed by atoms with Gasteiger partial charge in [0, 0.05) is 11.5 Å². The van der Waals surface area contributed by atoms with E-state index in [4.69, 9.17) is 5.39 Å². The number of aromatic hydroxyl groups is 1. The van der Waals surface area contributed by atoms with Crippen LogP contribution in [0.1, 0.15) is 0 Å². The molecule has 0 aliphatic heterocycles. The van der Waals surface area contributed by atoms with Crippen LogP contribution in [0, 0.1) is 5.39 Å². The van der Waals surface area contributed by atoms with Gasteiger partial charge in [0.2, 0.25) is 11.1 Å². The minimum atomic E-state index is -4.71. The minimum absolute atomic E-state index is 0. The summed E-state index contributed by atoms with van der Waals surface area (Å²) in [6, 6.07) is 6.72. The molecule has 86 valence electrons. The topological polar surface area (TPSA) is 106 Å². The summed E-state index contributed by atoms with van der Waals surface area (Å²) < 4.78 is 33.1. The molecule has 0 spiro atoms. The predicted octanol–water partition coefficient (Wildman–Crippen LogP) is -1.06. The SMILES string of the molecule is N#[N+]c1c(O)cc(S(=O)(=O)[O-])c2ccccc12.[Na+]. The molecule has 0 saturated heterocycles. The van der Waals surface area contributed by atoms with Gasteiger partial charge in [-0.15, -0.1) is 0 Å². The number of hydrogen-bond donors (Lipinski definition) is 1. The van der Waals surface area contributed by atoms with Crippen LogP contribution in [0.25, 0.3) is 15.7 Å². The average molecular weight is 273 g/mol. The first-order valence-electron chi connectivity index (χ1n) is 4.51. The molecule has 0 aromatic heterocycles. The maximum Gasteiger partial charge on any atom is 1.00 e. The fourth-order valence-corrected chi connectivity index (χ4v) is 2.33. The summed E-state index contributed by atoms with van der Waals surface area (Å²) >= 11 is 0. The van der Waals surface area contributed by atoms with Crippen molar-refractivity contribution >= 4 is 26.6 Å². The zero-order chi connectivity index (χ0) is 12.6. The van der Waals surface area contributed by atoms with Gasteiger partial charge in [0.15, 0.2) is 4.98 Å². The summed E-state index contributed by atoms with van der Waals surface area (Å²) in [5.74, 6) is -0.569. The van der Waals surface area contributed by atoms with E-state index in [-0.39, 0.29) is 46.0 Å². The van der Waals surface area contributed by atoms with Crippen molar-refractivity contribution in [3.05, 3.63) is 35.3 Å². The largest absolute Gasteiger partial charge is 1.00 e. The Morgan fingerprint density at radius 1 is 1.22 bits per heavy atom. The first-order valence-corrected chi connectivity index (χ1v) is 5.91. The van der Waals surface area contributed by atoms with Gasteiger partial charge in [0.25, 0.3) is 0 Å². The molecule has 0 saturated carbocycles. The van der Waals surface area contributed by atoms with Crippen LogP contribution >= 0.6 is 0 Å². The maximum absolute atomic E-state index is 11.0. The monoisotopic (exact) mass is 273 g/mol. The molecular formula is C10H6N2NaO4S+. The summed E-state index contributed by atoms with van der Waals surface area (Å²) in [6.07, 6.45) is 0. The first-order chi connectivity index (χ1) is 7.95. The van der Waals surface area contributed by atoms with Crippen molar-refractivity contribution < 1.29 is 47.6 Å². The zero-order valence-corrected chi connectivity index (χ0v) is 12.2. The van der Waals surface area contributed by atoms with Gasteiger partial charge < -0.3 is 9.66 Å². The van der Waals surface area contributed by atoms with Gasteiger partial charge in [0.1, 0.15) is 10.1 Å². The van der Waals surface area contributed by atoms with Crippen molar-refractivity contribution in [3.8, 4) is 5.75 Å². The van der Waals surface area contributed by atoms with E-state index < -0.39 is 20.8 Å². The van der Waals surface area contributed by atoms with Gasteiger partial charge >= 0.3 is 35.2 Å². The zero-order valence-electron chi connectivity index (χ0n) is 9.36. The first kappa shape index (κ1) is 14.9. The number of rotatable bonds is 1. The second kappa shape index (κ2) is 5.22. The average Bonchev–Trinajstić information content (AvgIpc) is 2.27. The van der Waals surface area contributed by atoms with Gasteiger partial charge in [-0.3, -0.25) is 0 Å². The molecule has 2 rings (SSSR count). The Morgan fingerprint density at radius 2 is 1.78 bits per heavy atom. The second-order valence-corrected chi connectivity index (χ2v) is 4.69. The number of diazo groups is 1. The van der Waals surface area contributed by atoms with E-state index >= 15 is 0 Å². The Morgan fingerprint density at radius 3 is 2.28 bits per heavy atom. The van der Waals surface area contributed by atoms with Gasteiger partial charge in [0.05, 0.1) is 10.3 Å². The molecule has 0 aliphatic carbocycles. The standard InChI is InChI=1S/C10H6N2O4S.Na/c11-12-10-7-4-2-1-3-6(7)9(5-8(10)13)17(14,15)16;/h1-5H,(H-,13,14,15,16);/q;+1. The molecule has 18 heavy (non-hydrogen) atoms. The minimum Gasteiger partial charge on any atom is -0.744 e. The Labute approximate surface area is 125 Å². The molecule has 8 heteroatoms. The van der Waals surface area contributed by atoms with Crippen LogP contribution in [0.15, 0.2) is 35.2 Å². The Bertz CT molecular complexity index is 752. The molecule has 2 aromatic carbocycles. The van der Waals surface area contributed by atoms with E-state index in [0.29, 0.717) is 0 Å². The predicted molar refractivity (Wildman–Crippen MR) is 58.3 cm³/mol. The van der Waals surface area contributed by atoms with Crippen molar-refractivity contribution in [1.82, 2.24) is 0 Å². The van der Waals surface area contributed by atoms with Crippen LogP contribution in [0.5, 0.6) is 5.75 Å². The normalized spacial score (nSPS) is 10.7. The Hall–Kier alpha value is -1.17. The molecule has 0 atom stereocenters. The third kappa shape index (κ3) is 2.48. The fraction of sp³-hybridized carbons (Fsp3) is 0. The molecule has 0 bridgehead atoms. The van der Waals surface area contributed by atoms with Crippen molar-refractivity contribution in [2.45, 2.75) is 4.90 Å². The van der Waals surface area contributed by atoms with Crippen LogP contribution in [0.3, 0.4) is 0 Å². The molecule has 1 N–H and O–H groups in total. The summed E-state index contributed by atoms with van der Waals surface area (Å²) in [5, 5.41) is 18.5. The number of fused-ring (bicyclic) bond motifs is 1. The van der Waals surface area contributed by atoms with E-state index in [1.807, 2.05) is 0 Å². The molecular weight excluding hydrogens is 267 g/mol. The van der Waals surface area contributed by atoms with E-state index in [0.717, 1.165) is 6.07 Å². The quantitative estimate of drug-likeness (QED) is 0.405. The van der Waals surface area contributed by atoms with Crippen LogP contribution in [-0.4, -0.2) is 18.1 Å². The van der Waals surface area contributed by atoms with Crippen molar-refractivity contribution in [2.75, 3.05) is 0 Å². The Kier molecular flexibility index (Phi) is 4.32. The van der Waals surface area contributed by atoms with E-state index in [2.05, 4.69) is 4.98 Å². The van der Waals surface area contributed by atoms with Gasteiger partial charge in [-0.05, 0) is 6.07 Å². The second-order valence-electron chi connectivity index (χ2n) is 3.34. The molecule has 2 aromatic rings. The van der Waals surface area contributed by atoms with Crippen molar-refractivity contribution in [3.63, 3.8) is 0 Å². The fourth-order valence-electron chi connectivity index (χ4n) is 1.62. The molecule has 0 radical (unpaired) electrons. The third-order valence-corrected chi connectivity index (χ3v) is 3.20. The summed E-state index contributed by atoms with van der Waals surface area (Å²) in [7, 11) is -4.71. The molecule has 0 unspecified atom stereocenters. The van der Waals surface area contributed by atoms with Gasteiger partial charge in [-0.1, -0.05) is 18.2 Å². The van der Waals surface area contributed by atoms with Gasteiger partial charge in [-0.25, -0.2) is 8.42 Å². The third-order valence-electron chi connectivity index (χ3n) is 2.33. The Balaban J connectivity index is 0.00000162. The van der Waals surface area contributed by atoms with Crippen LogP contribution in [0.4, 0.5) is 5.69 Å². The smallest absolute Gasteiger partial charge is 0.744 e. The van der Waals surface area contributed by atoms with E-state index in [1.54, 1.807) is 6.07 Å². The van der Waals surface area contributed by atoms with Crippen molar-refractivity contribution in [2.24, 2.45) is 0 Å². The van der Waals surface area contributed by atoms with Crippen LogP contribution in [-0.2, 0) is 10.1 Å². The summed E-state index contributed by atoms with van der Waals surface area (Å²) in [6.45, 7) is 0.